The number of rotatable bonds is 2. The number of nitrogens with one attached hydrogen (secondary N) is 1. The Kier molecular flexibility index (Phi) is 3.09. The Balaban J connectivity index is 2.32. The minimum atomic E-state index is -1.24. The van der Waals surface area contributed by atoms with Gasteiger partial charge in [0, 0.05) is 6.07 Å². The van der Waals surface area contributed by atoms with E-state index in [0.29, 0.717) is 0 Å². The van der Waals surface area contributed by atoms with Crippen LogP contribution in [-0.4, -0.2) is 45.8 Å². The number of piperazine rings is 1. The van der Waals surface area contributed by atoms with Gasteiger partial charge in [-0.1, -0.05) is 0 Å². The number of carbonyl (C=O) groups is 4. The van der Waals surface area contributed by atoms with Crippen molar-refractivity contribution < 1.29 is 28.7 Å². The van der Waals surface area contributed by atoms with Crippen molar-refractivity contribution in [1.29, 1.82) is 0 Å². The van der Waals surface area contributed by atoms with Crippen LogP contribution in [0.4, 0.5) is 0 Å². The van der Waals surface area contributed by atoms with E-state index in [0.717, 1.165) is 17.2 Å². The summed E-state index contributed by atoms with van der Waals surface area (Å²) in [5, 5.41) is 10.9. The second-order valence-corrected chi connectivity index (χ2v) is 4.83. The largest absolute Gasteiger partial charge is 0.478 e. The molecular formula is C12H12N2O6. The van der Waals surface area contributed by atoms with Crippen LogP contribution < -0.4 is 5.32 Å². The number of aromatic carboxylic acids is 1. The first-order chi connectivity index (χ1) is 9.23. The quantitative estimate of drug-likeness (QED) is 0.728. The van der Waals surface area contributed by atoms with Crippen molar-refractivity contribution in [2.75, 3.05) is 6.54 Å². The summed E-state index contributed by atoms with van der Waals surface area (Å²) in [4.78, 5) is 47.1. The fourth-order valence-electron chi connectivity index (χ4n) is 1.80. The summed E-state index contributed by atoms with van der Waals surface area (Å²) in [7, 11) is 0. The lowest BCUT2D eigenvalue weighted by Crippen LogP contribution is -2.65. The van der Waals surface area contributed by atoms with Crippen molar-refractivity contribution in [3.8, 4) is 0 Å². The first-order valence-corrected chi connectivity index (χ1v) is 5.71. The standard InChI is InChI=1S/C12H12N2O6/c1-12(2)11(19)13-8(15)4-14(12)9(16)7-3-6(5-20-7)10(17)18/h3,5H,4H2,1-2H3,(H,17,18)(H,13,15,19). The van der Waals surface area contributed by atoms with E-state index in [-0.39, 0.29) is 17.9 Å². The maximum atomic E-state index is 12.2. The Bertz CT molecular complexity index is 615. The third kappa shape index (κ3) is 2.15. The molecule has 0 aliphatic carbocycles. The normalized spacial score (nSPS) is 17.8. The van der Waals surface area contributed by atoms with Crippen LogP contribution in [0.25, 0.3) is 0 Å². The molecule has 1 aliphatic rings. The molecule has 8 heteroatoms. The van der Waals surface area contributed by atoms with E-state index in [9.17, 15) is 19.2 Å². The van der Waals surface area contributed by atoms with Gasteiger partial charge in [0.1, 0.15) is 18.3 Å². The molecule has 0 radical (unpaired) electrons. The van der Waals surface area contributed by atoms with Gasteiger partial charge in [0.25, 0.3) is 11.8 Å². The molecule has 20 heavy (non-hydrogen) atoms. The van der Waals surface area contributed by atoms with Gasteiger partial charge in [-0.25, -0.2) is 4.79 Å². The number of hydrogen-bond acceptors (Lipinski definition) is 5. The summed E-state index contributed by atoms with van der Waals surface area (Å²) in [6, 6.07) is 1.05. The van der Waals surface area contributed by atoms with Gasteiger partial charge in [0.05, 0.1) is 5.56 Å². The molecule has 1 saturated heterocycles. The van der Waals surface area contributed by atoms with E-state index in [2.05, 4.69) is 5.32 Å². The van der Waals surface area contributed by atoms with E-state index in [1.165, 1.54) is 13.8 Å². The van der Waals surface area contributed by atoms with Gasteiger partial charge in [-0.3, -0.25) is 19.7 Å². The Morgan fingerprint density at radius 2 is 2.05 bits per heavy atom. The Morgan fingerprint density at radius 1 is 1.40 bits per heavy atom. The molecule has 0 aromatic carbocycles. The Labute approximate surface area is 113 Å². The number of hydrogen-bond donors (Lipinski definition) is 2. The minimum absolute atomic E-state index is 0.182. The van der Waals surface area contributed by atoms with Crippen LogP contribution in [0.5, 0.6) is 0 Å². The molecule has 2 N–H and O–H groups in total. The number of carboxylic acids is 1. The van der Waals surface area contributed by atoms with E-state index < -0.39 is 29.2 Å². The summed E-state index contributed by atoms with van der Waals surface area (Å²) in [6.07, 6.45) is 0.925. The summed E-state index contributed by atoms with van der Waals surface area (Å²) >= 11 is 0. The van der Waals surface area contributed by atoms with E-state index in [1.54, 1.807) is 0 Å². The van der Waals surface area contributed by atoms with E-state index >= 15 is 0 Å². The lowest BCUT2D eigenvalue weighted by molar-refractivity contribution is -0.143. The van der Waals surface area contributed by atoms with Gasteiger partial charge in [0.15, 0.2) is 5.76 Å². The van der Waals surface area contributed by atoms with Crippen LogP contribution >= 0.6 is 0 Å². The second kappa shape index (κ2) is 4.48. The van der Waals surface area contributed by atoms with Crippen LogP contribution in [0.15, 0.2) is 16.7 Å². The monoisotopic (exact) mass is 280 g/mol. The molecule has 106 valence electrons. The zero-order valence-corrected chi connectivity index (χ0v) is 10.8. The highest BCUT2D eigenvalue weighted by atomic mass is 16.4. The van der Waals surface area contributed by atoms with E-state index in [4.69, 9.17) is 9.52 Å². The minimum Gasteiger partial charge on any atom is -0.478 e. The number of carbonyl (C=O) groups excluding carboxylic acids is 3. The topological polar surface area (TPSA) is 117 Å². The molecule has 0 unspecified atom stereocenters. The van der Waals surface area contributed by atoms with Crippen LogP contribution in [0.3, 0.4) is 0 Å². The lowest BCUT2D eigenvalue weighted by Gasteiger charge is -2.39. The highest BCUT2D eigenvalue weighted by Gasteiger charge is 2.44. The fourth-order valence-corrected chi connectivity index (χ4v) is 1.80. The number of carboxylic acid groups (broad SMARTS) is 1. The number of imide groups is 1. The highest BCUT2D eigenvalue weighted by Crippen LogP contribution is 2.22. The van der Waals surface area contributed by atoms with Gasteiger partial charge in [-0.2, -0.15) is 0 Å². The zero-order valence-electron chi connectivity index (χ0n) is 10.8. The third-order valence-corrected chi connectivity index (χ3v) is 3.09. The molecule has 1 aromatic rings. The van der Waals surface area contributed by atoms with Crippen LogP contribution in [-0.2, 0) is 9.59 Å². The Hall–Kier alpha value is -2.64. The molecule has 2 rings (SSSR count). The lowest BCUT2D eigenvalue weighted by atomic mass is 9.98. The van der Waals surface area contributed by atoms with Crippen molar-refractivity contribution in [2.24, 2.45) is 0 Å². The predicted octanol–water partition coefficient (Wildman–Crippen LogP) is -0.145. The first-order valence-electron chi connectivity index (χ1n) is 5.71. The summed E-state index contributed by atoms with van der Waals surface area (Å²) in [5.41, 5.74) is -1.42. The SMILES string of the molecule is CC1(C)C(=O)NC(=O)CN1C(=O)c1cc(C(=O)O)co1. The molecule has 0 bridgehead atoms. The summed E-state index contributed by atoms with van der Waals surface area (Å²) < 4.78 is 4.89. The fraction of sp³-hybridized carbons (Fsp3) is 0.333. The molecule has 0 spiro atoms. The maximum absolute atomic E-state index is 12.2. The molecule has 3 amide bonds. The van der Waals surface area contributed by atoms with Gasteiger partial charge < -0.3 is 14.4 Å². The average Bonchev–Trinajstić information content (AvgIpc) is 2.83. The third-order valence-electron chi connectivity index (χ3n) is 3.09. The predicted molar refractivity (Wildman–Crippen MR) is 63.9 cm³/mol. The van der Waals surface area contributed by atoms with Crippen molar-refractivity contribution in [2.45, 2.75) is 19.4 Å². The van der Waals surface area contributed by atoms with Gasteiger partial charge in [-0.15, -0.1) is 0 Å². The molecule has 2 heterocycles. The van der Waals surface area contributed by atoms with Gasteiger partial charge in [0.2, 0.25) is 5.91 Å². The van der Waals surface area contributed by atoms with Crippen molar-refractivity contribution in [3.63, 3.8) is 0 Å². The zero-order chi connectivity index (χ0) is 15.1. The number of amides is 3. The van der Waals surface area contributed by atoms with Crippen LogP contribution in [0, 0.1) is 0 Å². The molecule has 1 aromatic heterocycles. The van der Waals surface area contributed by atoms with Crippen molar-refractivity contribution in [3.05, 3.63) is 23.7 Å². The van der Waals surface area contributed by atoms with Crippen LogP contribution in [0.1, 0.15) is 34.8 Å². The highest BCUT2D eigenvalue weighted by molar-refractivity contribution is 6.08. The molecule has 0 saturated carbocycles. The Morgan fingerprint density at radius 3 is 2.60 bits per heavy atom. The summed E-state index contributed by atoms with van der Waals surface area (Å²) in [5.74, 6) is -3.40. The number of furan rings is 1. The second-order valence-electron chi connectivity index (χ2n) is 4.83. The molecule has 0 atom stereocenters. The molecule has 1 aliphatic heterocycles. The average molecular weight is 280 g/mol. The first kappa shape index (κ1) is 13.8. The smallest absolute Gasteiger partial charge is 0.338 e. The van der Waals surface area contributed by atoms with Crippen LogP contribution in [0.2, 0.25) is 0 Å². The summed E-state index contributed by atoms with van der Waals surface area (Å²) in [6.45, 7) is 2.65. The number of nitrogens with zero attached hydrogens (tertiary/aromatic N) is 1. The van der Waals surface area contributed by atoms with Gasteiger partial charge >= 0.3 is 5.97 Å². The van der Waals surface area contributed by atoms with Crippen molar-refractivity contribution in [1.82, 2.24) is 10.2 Å². The van der Waals surface area contributed by atoms with Gasteiger partial charge in [-0.05, 0) is 13.8 Å². The van der Waals surface area contributed by atoms with E-state index in [1.807, 2.05) is 0 Å². The maximum Gasteiger partial charge on any atom is 0.338 e. The molecule has 8 nitrogen and oxygen atoms in total. The molecule has 1 fully saturated rings. The van der Waals surface area contributed by atoms with Crippen molar-refractivity contribution >= 4 is 23.7 Å². The molecular weight excluding hydrogens is 268 g/mol.